The highest BCUT2D eigenvalue weighted by molar-refractivity contribution is 7.89. The highest BCUT2D eigenvalue weighted by atomic mass is 32.2. The van der Waals surface area contributed by atoms with Gasteiger partial charge in [-0.1, -0.05) is 0 Å². The van der Waals surface area contributed by atoms with Crippen LogP contribution in [0.4, 0.5) is 5.69 Å². The van der Waals surface area contributed by atoms with Gasteiger partial charge in [0.25, 0.3) is 10.0 Å². The van der Waals surface area contributed by atoms with Gasteiger partial charge >= 0.3 is 0 Å². The number of nitrogens with zero attached hydrogens (tertiary/aromatic N) is 3. The molecule has 1 rings (SSSR count). The zero-order chi connectivity index (χ0) is 14.3. The van der Waals surface area contributed by atoms with Crippen LogP contribution in [0.15, 0.2) is 23.4 Å². The molecule has 7 nitrogen and oxygen atoms in total. The first-order valence-corrected chi connectivity index (χ1v) is 7.04. The van der Waals surface area contributed by atoms with E-state index in [1.807, 2.05) is 6.07 Å². The number of nitrogens with two attached hydrogens (primary N) is 1. The monoisotopic (exact) mass is 284 g/mol. The van der Waals surface area contributed by atoms with Gasteiger partial charge in [0.1, 0.15) is 0 Å². The van der Waals surface area contributed by atoms with Gasteiger partial charge in [0, 0.05) is 32.8 Å². The lowest BCUT2D eigenvalue weighted by Gasteiger charge is -2.20. The average Bonchev–Trinajstić information content (AvgIpc) is 2.39. The Bertz CT molecular complexity index is 553. The molecule has 0 aliphatic carbocycles. The minimum Gasteiger partial charge on any atom is -0.396 e. The number of nitrogen functional groups attached to an aromatic ring is 1. The number of methoxy groups -OCH3 is 1. The zero-order valence-electron chi connectivity index (χ0n) is 10.6. The van der Waals surface area contributed by atoms with Gasteiger partial charge in [-0.05, 0) is 12.1 Å². The van der Waals surface area contributed by atoms with E-state index in [0.717, 1.165) is 4.31 Å². The number of ether oxygens (including phenoxy) is 1. The van der Waals surface area contributed by atoms with E-state index in [2.05, 4.69) is 4.98 Å². The second kappa shape index (κ2) is 7.04. The number of rotatable bonds is 7. The highest BCUT2D eigenvalue weighted by Gasteiger charge is 2.27. The summed E-state index contributed by atoms with van der Waals surface area (Å²) in [5.74, 6) is 0. The van der Waals surface area contributed by atoms with Crippen molar-refractivity contribution in [2.24, 2.45) is 0 Å². The maximum absolute atomic E-state index is 12.4. The molecule has 0 atom stereocenters. The number of aromatic nitrogens is 1. The average molecular weight is 284 g/mol. The van der Waals surface area contributed by atoms with Crippen molar-refractivity contribution in [1.29, 1.82) is 5.26 Å². The lowest BCUT2D eigenvalue weighted by atomic mass is 10.4. The molecule has 0 saturated heterocycles. The summed E-state index contributed by atoms with van der Waals surface area (Å²) in [7, 11) is -2.33. The zero-order valence-corrected chi connectivity index (χ0v) is 11.4. The van der Waals surface area contributed by atoms with Gasteiger partial charge in [0.05, 0.1) is 18.4 Å². The Morgan fingerprint density at radius 1 is 1.53 bits per heavy atom. The molecule has 8 heteroatoms. The third-order valence-electron chi connectivity index (χ3n) is 2.40. The minimum atomic E-state index is -3.81. The standard InChI is InChI=1S/C11H16N4O3S/c1-18-9-8-15(7-3-5-12)19(16,17)11-10(13)4-2-6-14-11/h2,4,6H,3,7-9,13H2,1H3. The molecule has 1 aromatic heterocycles. The van der Waals surface area contributed by atoms with Gasteiger partial charge in [0.15, 0.2) is 5.03 Å². The van der Waals surface area contributed by atoms with Gasteiger partial charge in [-0.2, -0.15) is 9.57 Å². The SMILES string of the molecule is COCCN(CCC#N)S(=O)(=O)c1ncccc1N. The van der Waals surface area contributed by atoms with E-state index in [9.17, 15) is 8.42 Å². The number of sulfonamides is 1. The number of hydrogen-bond donors (Lipinski definition) is 1. The van der Waals surface area contributed by atoms with Crippen LogP contribution in [-0.2, 0) is 14.8 Å². The third kappa shape index (κ3) is 3.89. The molecule has 0 aromatic carbocycles. The molecule has 0 aliphatic heterocycles. The summed E-state index contributed by atoms with van der Waals surface area (Å²) in [6.45, 7) is 0.464. The lowest BCUT2D eigenvalue weighted by Crippen LogP contribution is -2.35. The predicted molar refractivity (Wildman–Crippen MR) is 69.5 cm³/mol. The van der Waals surface area contributed by atoms with Crippen molar-refractivity contribution in [1.82, 2.24) is 9.29 Å². The van der Waals surface area contributed by atoms with E-state index >= 15 is 0 Å². The lowest BCUT2D eigenvalue weighted by molar-refractivity contribution is 0.179. The van der Waals surface area contributed by atoms with Gasteiger partial charge < -0.3 is 10.5 Å². The first-order valence-electron chi connectivity index (χ1n) is 5.60. The van der Waals surface area contributed by atoms with Crippen molar-refractivity contribution >= 4 is 15.7 Å². The summed E-state index contributed by atoms with van der Waals surface area (Å²) in [4.78, 5) is 3.81. The molecule has 19 heavy (non-hydrogen) atoms. The van der Waals surface area contributed by atoms with Crippen LogP contribution in [0.3, 0.4) is 0 Å². The fourth-order valence-corrected chi connectivity index (χ4v) is 2.91. The molecule has 0 bridgehead atoms. The maximum Gasteiger partial charge on any atom is 0.262 e. The molecule has 0 radical (unpaired) electrons. The first kappa shape index (κ1) is 15.4. The van der Waals surface area contributed by atoms with Gasteiger partial charge in [-0.3, -0.25) is 0 Å². The summed E-state index contributed by atoms with van der Waals surface area (Å²) < 4.78 is 30.8. The van der Waals surface area contributed by atoms with E-state index in [4.69, 9.17) is 15.7 Å². The molecule has 0 fully saturated rings. The van der Waals surface area contributed by atoms with E-state index in [-0.39, 0.29) is 36.8 Å². The Hall–Kier alpha value is -1.69. The van der Waals surface area contributed by atoms with Crippen LogP contribution in [0.2, 0.25) is 0 Å². The molecule has 0 amide bonds. The van der Waals surface area contributed by atoms with Crippen LogP contribution in [0.1, 0.15) is 6.42 Å². The first-order chi connectivity index (χ1) is 9.04. The van der Waals surface area contributed by atoms with Crippen molar-refractivity contribution in [2.45, 2.75) is 11.4 Å². The largest absolute Gasteiger partial charge is 0.396 e. The third-order valence-corrected chi connectivity index (χ3v) is 4.28. The van der Waals surface area contributed by atoms with Crippen LogP contribution < -0.4 is 5.73 Å². The Morgan fingerprint density at radius 3 is 2.84 bits per heavy atom. The Labute approximate surface area is 112 Å². The van der Waals surface area contributed by atoms with Crippen LogP contribution in [-0.4, -0.2) is 44.5 Å². The fraction of sp³-hybridized carbons (Fsp3) is 0.455. The van der Waals surface area contributed by atoms with Gasteiger partial charge in [0.2, 0.25) is 0 Å². The second-order valence-corrected chi connectivity index (χ2v) is 5.56. The van der Waals surface area contributed by atoms with Crippen molar-refractivity contribution in [2.75, 3.05) is 32.5 Å². The van der Waals surface area contributed by atoms with Crippen molar-refractivity contribution in [3.8, 4) is 6.07 Å². The number of anilines is 1. The summed E-state index contributed by atoms with van der Waals surface area (Å²) >= 11 is 0. The molecule has 0 aliphatic rings. The van der Waals surface area contributed by atoms with Crippen LogP contribution in [0.25, 0.3) is 0 Å². The highest BCUT2D eigenvalue weighted by Crippen LogP contribution is 2.19. The Balaban J connectivity index is 3.05. The predicted octanol–water partition coefficient (Wildman–Crippen LogP) is 0.215. The normalized spacial score (nSPS) is 11.4. The molecule has 1 aromatic rings. The fourth-order valence-electron chi connectivity index (χ4n) is 1.46. The molecule has 0 unspecified atom stereocenters. The molecule has 1 heterocycles. The molecule has 0 spiro atoms. The minimum absolute atomic E-state index is 0.0816. The second-order valence-electron chi connectivity index (χ2n) is 3.70. The van der Waals surface area contributed by atoms with Crippen LogP contribution in [0, 0.1) is 11.3 Å². The van der Waals surface area contributed by atoms with Crippen molar-refractivity contribution < 1.29 is 13.2 Å². The van der Waals surface area contributed by atoms with Crippen molar-refractivity contribution in [3.05, 3.63) is 18.3 Å². The Kier molecular flexibility index (Phi) is 5.69. The Morgan fingerprint density at radius 2 is 2.26 bits per heavy atom. The topological polar surface area (TPSA) is 109 Å². The molecule has 2 N–H and O–H groups in total. The van der Waals surface area contributed by atoms with E-state index < -0.39 is 10.0 Å². The number of pyridine rings is 1. The molecular formula is C11H16N4O3S. The van der Waals surface area contributed by atoms with E-state index in [1.54, 1.807) is 6.07 Å². The van der Waals surface area contributed by atoms with E-state index in [0.29, 0.717) is 0 Å². The maximum atomic E-state index is 12.4. The summed E-state index contributed by atoms with van der Waals surface area (Å²) in [5, 5.41) is 8.40. The number of nitriles is 1. The van der Waals surface area contributed by atoms with E-state index in [1.165, 1.54) is 19.4 Å². The molecule has 104 valence electrons. The van der Waals surface area contributed by atoms with Crippen LogP contribution >= 0.6 is 0 Å². The number of hydrogen-bond acceptors (Lipinski definition) is 6. The van der Waals surface area contributed by atoms with Gasteiger partial charge in [-0.15, -0.1) is 0 Å². The van der Waals surface area contributed by atoms with Gasteiger partial charge in [-0.25, -0.2) is 13.4 Å². The van der Waals surface area contributed by atoms with Crippen molar-refractivity contribution in [3.63, 3.8) is 0 Å². The smallest absolute Gasteiger partial charge is 0.262 e. The molecular weight excluding hydrogens is 268 g/mol. The summed E-state index contributed by atoms with van der Waals surface area (Å²) in [6.07, 6.45) is 1.46. The molecule has 0 saturated carbocycles. The summed E-state index contributed by atoms with van der Waals surface area (Å²) in [5.41, 5.74) is 5.72. The summed E-state index contributed by atoms with van der Waals surface area (Å²) in [6, 6.07) is 4.94. The van der Waals surface area contributed by atoms with Crippen LogP contribution in [0.5, 0.6) is 0 Å². The quantitative estimate of drug-likeness (QED) is 0.766.